The highest BCUT2D eigenvalue weighted by atomic mass is 16.5. The van der Waals surface area contributed by atoms with Crippen LogP contribution in [0.2, 0.25) is 0 Å². The smallest absolute Gasteiger partial charge is 0.125 e. The number of ether oxygens (including phenoxy) is 1. The molecule has 0 atom stereocenters. The number of rotatable bonds is 3. The molecular weight excluding hydrogens is 210 g/mol. The van der Waals surface area contributed by atoms with Crippen molar-refractivity contribution in [1.29, 1.82) is 0 Å². The SMILES string of the molecule is COc1c(C)cc(C)cc1C1(CN)CCCC1. The Labute approximate surface area is 104 Å². The molecule has 1 aliphatic carbocycles. The zero-order valence-electron chi connectivity index (χ0n) is 11.2. The lowest BCUT2D eigenvalue weighted by atomic mass is 9.77. The second kappa shape index (κ2) is 4.69. The lowest BCUT2D eigenvalue weighted by molar-refractivity contribution is 0.375. The third-order valence-corrected chi connectivity index (χ3v) is 4.15. The maximum Gasteiger partial charge on any atom is 0.125 e. The summed E-state index contributed by atoms with van der Waals surface area (Å²) in [5, 5.41) is 0. The first-order valence-corrected chi connectivity index (χ1v) is 6.49. The van der Waals surface area contributed by atoms with E-state index in [0.717, 1.165) is 12.3 Å². The number of hydrogen-bond donors (Lipinski definition) is 1. The van der Waals surface area contributed by atoms with Crippen molar-refractivity contribution in [3.63, 3.8) is 0 Å². The van der Waals surface area contributed by atoms with Crippen LogP contribution in [0.5, 0.6) is 5.75 Å². The summed E-state index contributed by atoms with van der Waals surface area (Å²) in [7, 11) is 1.76. The van der Waals surface area contributed by atoms with Gasteiger partial charge in [-0.05, 0) is 32.3 Å². The van der Waals surface area contributed by atoms with E-state index in [1.807, 2.05) is 0 Å². The molecule has 2 heteroatoms. The van der Waals surface area contributed by atoms with Gasteiger partial charge in [0.2, 0.25) is 0 Å². The lowest BCUT2D eigenvalue weighted by Crippen LogP contribution is -2.32. The van der Waals surface area contributed by atoms with Crippen LogP contribution < -0.4 is 10.5 Å². The van der Waals surface area contributed by atoms with E-state index in [-0.39, 0.29) is 5.41 Å². The lowest BCUT2D eigenvalue weighted by Gasteiger charge is -2.30. The summed E-state index contributed by atoms with van der Waals surface area (Å²) in [6, 6.07) is 4.45. The van der Waals surface area contributed by atoms with Gasteiger partial charge in [-0.3, -0.25) is 0 Å². The quantitative estimate of drug-likeness (QED) is 0.870. The standard InChI is InChI=1S/C15H23NO/c1-11-8-12(2)14(17-3)13(9-11)15(10-16)6-4-5-7-15/h8-9H,4-7,10,16H2,1-3H3. The second-order valence-corrected chi connectivity index (χ2v) is 5.35. The van der Waals surface area contributed by atoms with Crippen molar-refractivity contribution >= 4 is 0 Å². The first-order chi connectivity index (χ1) is 8.13. The molecule has 0 amide bonds. The molecule has 0 bridgehead atoms. The summed E-state index contributed by atoms with van der Waals surface area (Å²) in [5.74, 6) is 1.04. The Hall–Kier alpha value is -1.02. The van der Waals surface area contributed by atoms with Gasteiger partial charge in [-0.25, -0.2) is 0 Å². The van der Waals surface area contributed by atoms with E-state index in [4.69, 9.17) is 10.5 Å². The van der Waals surface area contributed by atoms with E-state index < -0.39 is 0 Å². The molecule has 94 valence electrons. The molecule has 0 unspecified atom stereocenters. The number of aryl methyl sites for hydroxylation is 2. The summed E-state index contributed by atoms with van der Waals surface area (Å²) < 4.78 is 5.61. The van der Waals surface area contributed by atoms with Crippen molar-refractivity contribution < 1.29 is 4.74 Å². The van der Waals surface area contributed by atoms with Crippen LogP contribution in [0.1, 0.15) is 42.4 Å². The van der Waals surface area contributed by atoms with Crippen LogP contribution in [0.25, 0.3) is 0 Å². The topological polar surface area (TPSA) is 35.2 Å². The Morgan fingerprint density at radius 3 is 2.41 bits per heavy atom. The molecule has 0 aliphatic heterocycles. The molecule has 0 radical (unpaired) electrons. The predicted octanol–water partition coefficient (Wildman–Crippen LogP) is 3.08. The molecule has 1 fully saturated rings. The van der Waals surface area contributed by atoms with E-state index in [0.29, 0.717) is 0 Å². The number of benzene rings is 1. The fourth-order valence-electron chi connectivity index (χ4n) is 3.25. The Morgan fingerprint density at radius 1 is 1.24 bits per heavy atom. The van der Waals surface area contributed by atoms with E-state index in [1.54, 1.807) is 7.11 Å². The van der Waals surface area contributed by atoms with Gasteiger partial charge < -0.3 is 10.5 Å². The molecule has 2 rings (SSSR count). The maximum absolute atomic E-state index is 6.07. The molecule has 1 aromatic rings. The summed E-state index contributed by atoms with van der Waals surface area (Å²) >= 11 is 0. The van der Waals surface area contributed by atoms with Crippen LogP contribution in [-0.2, 0) is 5.41 Å². The fourth-order valence-corrected chi connectivity index (χ4v) is 3.25. The number of methoxy groups -OCH3 is 1. The van der Waals surface area contributed by atoms with Crippen molar-refractivity contribution in [2.75, 3.05) is 13.7 Å². The highest BCUT2D eigenvalue weighted by molar-refractivity contribution is 5.48. The maximum atomic E-state index is 6.07. The Kier molecular flexibility index (Phi) is 3.43. The van der Waals surface area contributed by atoms with Crippen LogP contribution >= 0.6 is 0 Å². The first-order valence-electron chi connectivity index (χ1n) is 6.49. The zero-order chi connectivity index (χ0) is 12.5. The molecule has 0 aromatic heterocycles. The summed E-state index contributed by atoms with van der Waals surface area (Å²) in [6.45, 7) is 5.00. The minimum Gasteiger partial charge on any atom is -0.496 e. The van der Waals surface area contributed by atoms with E-state index in [9.17, 15) is 0 Å². The second-order valence-electron chi connectivity index (χ2n) is 5.35. The van der Waals surface area contributed by atoms with Crippen LogP contribution in [0, 0.1) is 13.8 Å². The van der Waals surface area contributed by atoms with Gasteiger partial charge in [0, 0.05) is 17.5 Å². The van der Waals surface area contributed by atoms with Gasteiger partial charge in [0.05, 0.1) is 7.11 Å². The summed E-state index contributed by atoms with van der Waals surface area (Å²) in [4.78, 5) is 0. The van der Waals surface area contributed by atoms with Gasteiger partial charge in [-0.15, -0.1) is 0 Å². The van der Waals surface area contributed by atoms with E-state index in [1.165, 1.54) is 42.4 Å². The van der Waals surface area contributed by atoms with Crippen molar-refractivity contribution in [3.05, 3.63) is 28.8 Å². The predicted molar refractivity (Wildman–Crippen MR) is 71.7 cm³/mol. The average Bonchev–Trinajstić information content (AvgIpc) is 2.77. The third-order valence-electron chi connectivity index (χ3n) is 4.15. The largest absolute Gasteiger partial charge is 0.496 e. The molecule has 1 aromatic carbocycles. The molecule has 0 heterocycles. The fraction of sp³-hybridized carbons (Fsp3) is 0.600. The monoisotopic (exact) mass is 233 g/mol. The summed E-state index contributed by atoms with van der Waals surface area (Å²) in [6.07, 6.45) is 4.96. The van der Waals surface area contributed by atoms with E-state index >= 15 is 0 Å². The Bertz CT molecular complexity index is 406. The van der Waals surface area contributed by atoms with Crippen molar-refractivity contribution in [2.45, 2.75) is 44.9 Å². The summed E-state index contributed by atoms with van der Waals surface area (Å²) in [5.41, 5.74) is 10.1. The number of hydrogen-bond acceptors (Lipinski definition) is 2. The highest BCUT2D eigenvalue weighted by Gasteiger charge is 2.37. The van der Waals surface area contributed by atoms with Crippen LogP contribution in [0.3, 0.4) is 0 Å². The Balaban J connectivity index is 2.56. The molecule has 2 nitrogen and oxygen atoms in total. The van der Waals surface area contributed by atoms with Crippen LogP contribution in [0.4, 0.5) is 0 Å². The first kappa shape index (κ1) is 12.4. The molecule has 17 heavy (non-hydrogen) atoms. The molecule has 1 aliphatic rings. The van der Waals surface area contributed by atoms with Crippen LogP contribution in [-0.4, -0.2) is 13.7 Å². The van der Waals surface area contributed by atoms with Gasteiger partial charge in [-0.1, -0.05) is 30.5 Å². The normalized spacial score (nSPS) is 18.4. The van der Waals surface area contributed by atoms with Crippen molar-refractivity contribution in [1.82, 2.24) is 0 Å². The molecular formula is C15H23NO. The Morgan fingerprint density at radius 2 is 1.88 bits per heavy atom. The van der Waals surface area contributed by atoms with Crippen molar-refractivity contribution in [3.8, 4) is 5.75 Å². The third kappa shape index (κ3) is 2.06. The average molecular weight is 233 g/mol. The van der Waals surface area contributed by atoms with Gasteiger partial charge in [0.1, 0.15) is 5.75 Å². The van der Waals surface area contributed by atoms with Gasteiger partial charge >= 0.3 is 0 Å². The molecule has 0 spiro atoms. The van der Waals surface area contributed by atoms with Crippen molar-refractivity contribution in [2.24, 2.45) is 5.73 Å². The van der Waals surface area contributed by atoms with E-state index in [2.05, 4.69) is 26.0 Å². The molecule has 2 N–H and O–H groups in total. The van der Waals surface area contributed by atoms with Gasteiger partial charge in [0.25, 0.3) is 0 Å². The molecule has 1 saturated carbocycles. The van der Waals surface area contributed by atoms with Gasteiger partial charge in [0.15, 0.2) is 0 Å². The van der Waals surface area contributed by atoms with Gasteiger partial charge in [-0.2, -0.15) is 0 Å². The highest BCUT2D eigenvalue weighted by Crippen LogP contribution is 2.45. The minimum atomic E-state index is 0.155. The number of nitrogens with two attached hydrogens (primary N) is 1. The minimum absolute atomic E-state index is 0.155. The molecule has 0 saturated heterocycles. The van der Waals surface area contributed by atoms with Crippen LogP contribution in [0.15, 0.2) is 12.1 Å². The zero-order valence-corrected chi connectivity index (χ0v) is 11.2.